The SMILES string of the molecule is C/C=C/c1ccc(OCCCCOc2cccc3ccc(C)nc23)c(OC)c1. The van der Waals surface area contributed by atoms with Crippen LogP contribution in [-0.4, -0.2) is 25.3 Å². The second-order valence-corrected chi connectivity index (χ2v) is 6.59. The Hall–Kier alpha value is -3.01. The number of hydrogen-bond donors (Lipinski definition) is 0. The maximum atomic E-state index is 5.96. The standard InChI is InChI=1S/C24H27NO3/c1-4-8-19-12-14-21(23(17-19)26-3)27-15-5-6-16-28-22-10-7-9-20-13-11-18(2)25-24(20)22/h4,7-14,17H,5-6,15-16H2,1-3H3/b8-4+. The zero-order chi connectivity index (χ0) is 19.8. The summed E-state index contributed by atoms with van der Waals surface area (Å²) in [6, 6.07) is 16.1. The van der Waals surface area contributed by atoms with E-state index < -0.39 is 0 Å². The van der Waals surface area contributed by atoms with Crippen molar-refractivity contribution in [3.8, 4) is 17.2 Å². The number of aromatic nitrogens is 1. The number of aryl methyl sites for hydroxylation is 1. The fraction of sp³-hybridized carbons (Fsp3) is 0.292. The topological polar surface area (TPSA) is 40.6 Å². The first-order chi connectivity index (χ1) is 13.7. The maximum absolute atomic E-state index is 5.96. The summed E-state index contributed by atoms with van der Waals surface area (Å²) >= 11 is 0. The van der Waals surface area contributed by atoms with E-state index in [0.29, 0.717) is 13.2 Å². The van der Waals surface area contributed by atoms with Crippen LogP contribution in [0.2, 0.25) is 0 Å². The van der Waals surface area contributed by atoms with Gasteiger partial charge in [0.15, 0.2) is 11.5 Å². The number of unbranched alkanes of at least 4 members (excludes halogenated alkanes) is 1. The third-order valence-electron chi connectivity index (χ3n) is 4.42. The Kier molecular flexibility index (Phi) is 6.90. The van der Waals surface area contributed by atoms with Gasteiger partial charge in [0.25, 0.3) is 0 Å². The predicted molar refractivity (Wildman–Crippen MR) is 114 cm³/mol. The van der Waals surface area contributed by atoms with Gasteiger partial charge in [0.1, 0.15) is 11.3 Å². The molecule has 0 radical (unpaired) electrons. The lowest BCUT2D eigenvalue weighted by atomic mass is 10.2. The van der Waals surface area contributed by atoms with Gasteiger partial charge in [-0.1, -0.05) is 36.4 Å². The predicted octanol–water partition coefficient (Wildman–Crippen LogP) is 5.82. The first kappa shape index (κ1) is 19.7. The van der Waals surface area contributed by atoms with E-state index in [2.05, 4.69) is 17.1 Å². The third kappa shape index (κ3) is 5.03. The van der Waals surface area contributed by atoms with Crippen molar-refractivity contribution < 1.29 is 14.2 Å². The molecule has 0 fully saturated rings. The summed E-state index contributed by atoms with van der Waals surface area (Å²) in [7, 11) is 1.66. The minimum absolute atomic E-state index is 0.621. The Labute approximate surface area is 166 Å². The second-order valence-electron chi connectivity index (χ2n) is 6.59. The molecule has 28 heavy (non-hydrogen) atoms. The smallest absolute Gasteiger partial charge is 0.161 e. The zero-order valence-corrected chi connectivity index (χ0v) is 16.8. The van der Waals surface area contributed by atoms with Crippen LogP contribution in [0.3, 0.4) is 0 Å². The van der Waals surface area contributed by atoms with E-state index in [1.165, 1.54) is 0 Å². The molecule has 0 amide bonds. The summed E-state index contributed by atoms with van der Waals surface area (Å²) in [5.41, 5.74) is 3.01. The zero-order valence-electron chi connectivity index (χ0n) is 16.8. The molecule has 0 bridgehead atoms. The Morgan fingerprint density at radius 1 is 0.893 bits per heavy atom. The first-order valence-electron chi connectivity index (χ1n) is 9.64. The quantitative estimate of drug-likeness (QED) is 0.440. The number of methoxy groups -OCH3 is 1. The van der Waals surface area contributed by atoms with Gasteiger partial charge < -0.3 is 14.2 Å². The highest BCUT2D eigenvalue weighted by molar-refractivity contribution is 5.84. The number of nitrogens with zero attached hydrogens (tertiary/aromatic N) is 1. The number of rotatable bonds is 9. The fourth-order valence-corrected chi connectivity index (χ4v) is 3.00. The van der Waals surface area contributed by atoms with Crippen molar-refractivity contribution in [2.75, 3.05) is 20.3 Å². The van der Waals surface area contributed by atoms with Gasteiger partial charge in [-0.25, -0.2) is 4.98 Å². The van der Waals surface area contributed by atoms with E-state index in [1.54, 1.807) is 7.11 Å². The van der Waals surface area contributed by atoms with E-state index in [9.17, 15) is 0 Å². The lowest BCUT2D eigenvalue weighted by Gasteiger charge is -2.12. The lowest BCUT2D eigenvalue weighted by Crippen LogP contribution is -2.04. The van der Waals surface area contributed by atoms with Gasteiger partial charge in [-0.3, -0.25) is 0 Å². The van der Waals surface area contributed by atoms with Gasteiger partial charge in [0.2, 0.25) is 0 Å². The van der Waals surface area contributed by atoms with E-state index >= 15 is 0 Å². The number of ether oxygens (including phenoxy) is 3. The maximum Gasteiger partial charge on any atom is 0.161 e. The molecule has 0 aliphatic heterocycles. The van der Waals surface area contributed by atoms with Gasteiger partial charge in [0.05, 0.1) is 20.3 Å². The average molecular weight is 377 g/mol. The Morgan fingerprint density at radius 3 is 2.43 bits per heavy atom. The van der Waals surface area contributed by atoms with Crippen LogP contribution in [0.5, 0.6) is 17.2 Å². The summed E-state index contributed by atoms with van der Waals surface area (Å²) in [6.45, 7) is 5.24. The molecular weight excluding hydrogens is 350 g/mol. The van der Waals surface area contributed by atoms with Crippen molar-refractivity contribution in [3.05, 3.63) is 65.9 Å². The van der Waals surface area contributed by atoms with Crippen LogP contribution in [0, 0.1) is 6.92 Å². The molecule has 0 atom stereocenters. The fourth-order valence-electron chi connectivity index (χ4n) is 3.00. The minimum Gasteiger partial charge on any atom is -0.493 e. The molecule has 146 valence electrons. The molecule has 2 aromatic carbocycles. The Balaban J connectivity index is 1.48. The summed E-state index contributed by atoms with van der Waals surface area (Å²) in [4.78, 5) is 4.60. The molecule has 0 aliphatic carbocycles. The number of benzene rings is 2. The van der Waals surface area contributed by atoms with Gasteiger partial charge in [-0.15, -0.1) is 0 Å². The molecule has 0 N–H and O–H groups in total. The van der Waals surface area contributed by atoms with Crippen molar-refractivity contribution in [1.29, 1.82) is 0 Å². The summed E-state index contributed by atoms with van der Waals surface area (Å²) < 4.78 is 17.3. The highest BCUT2D eigenvalue weighted by Crippen LogP contribution is 2.29. The highest BCUT2D eigenvalue weighted by Gasteiger charge is 2.06. The molecule has 0 spiro atoms. The molecule has 1 aromatic heterocycles. The largest absolute Gasteiger partial charge is 0.493 e. The van der Waals surface area contributed by atoms with Crippen molar-refractivity contribution in [1.82, 2.24) is 4.98 Å². The molecule has 1 heterocycles. The van der Waals surface area contributed by atoms with E-state index in [0.717, 1.165) is 52.3 Å². The third-order valence-corrected chi connectivity index (χ3v) is 4.42. The van der Waals surface area contributed by atoms with Crippen LogP contribution in [0.1, 0.15) is 31.0 Å². The van der Waals surface area contributed by atoms with Crippen LogP contribution in [-0.2, 0) is 0 Å². The summed E-state index contributed by atoms with van der Waals surface area (Å²) in [5.74, 6) is 2.36. The van der Waals surface area contributed by atoms with E-state index in [1.807, 2.05) is 62.4 Å². The van der Waals surface area contributed by atoms with Crippen LogP contribution >= 0.6 is 0 Å². The molecule has 0 unspecified atom stereocenters. The summed E-state index contributed by atoms with van der Waals surface area (Å²) in [5, 5.41) is 1.10. The molecule has 3 rings (SSSR count). The molecule has 0 saturated heterocycles. The van der Waals surface area contributed by atoms with Crippen molar-refractivity contribution in [3.63, 3.8) is 0 Å². The van der Waals surface area contributed by atoms with Crippen molar-refractivity contribution >= 4 is 17.0 Å². The van der Waals surface area contributed by atoms with Crippen molar-refractivity contribution in [2.45, 2.75) is 26.7 Å². The monoisotopic (exact) mass is 377 g/mol. The van der Waals surface area contributed by atoms with Gasteiger partial charge >= 0.3 is 0 Å². The number of fused-ring (bicyclic) bond motifs is 1. The lowest BCUT2D eigenvalue weighted by molar-refractivity contribution is 0.259. The molecule has 4 heteroatoms. The van der Waals surface area contributed by atoms with Crippen LogP contribution < -0.4 is 14.2 Å². The molecular formula is C24H27NO3. The molecule has 0 aliphatic rings. The normalized spacial score (nSPS) is 11.1. The molecule has 3 aromatic rings. The number of pyridine rings is 1. The van der Waals surface area contributed by atoms with Crippen LogP contribution in [0.25, 0.3) is 17.0 Å². The Bertz CT molecular complexity index is 950. The Morgan fingerprint density at radius 2 is 1.68 bits per heavy atom. The van der Waals surface area contributed by atoms with Gasteiger partial charge in [0, 0.05) is 11.1 Å². The summed E-state index contributed by atoms with van der Waals surface area (Å²) in [6.07, 6.45) is 5.84. The number of allylic oxidation sites excluding steroid dienone is 1. The highest BCUT2D eigenvalue weighted by atomic mass is 16.5. The van der Waals surface area contributed by atoms with E-state index in [4.69, 9.17) is 14.2 Å². The van der Waals surface area contributed by atoms with Crippen LogP contribution in [0.4, 0.5) is 0 Å². The van der Waals surface area contributed by atoms with Crippen LogP contribution in [0.15, 0.2) is 54.6 Å². The molecule has 4 nitrogen and oxygen atoms in total. The van der Waals surface area contributed by atoms with E-state index in [-0.39, 0.29) is 0 Å². The van der Waals surface area contributed by atoms with Gasteiger partial charge in [-0.2, -0.15) is 0 Å². The van der Waals surface area contributed by atoms with Gasteiger partial charge in [-0.05, 0) is 56.5 Å². The second kappa shape index (κ2) is 9.79. The van der Waals surface area contributed by atoms with Crippen molar-refractivity contribution in [2.24, 2.45) is 0 Å². The number of para-hydroxylation sites is 1. The number of hydrogen-bond acceptors (Lipinski definition) is 4. The first-order valence-corrected chi connectivity index (χ1v) is 9.64. The molecule has 0 saturated carbocycles. The average Bonchev–Trinajstić information content (AvgIpc) is 2.71. The minimum atomic E-state index is 0.621.